The van der Waals surface area contributed by atoms with E-state index in [2.05, 4.69) is 4.74 Å². The van der Waals surface area contributed by atoms with Gasteiger partial charge in [-0.05, 0) is 30.5 Å². The Labute approximate surface area is 124 Å². The molecule has 0 fully saturated rings. The SMILES string of the molecule is CCC(c1cccc(OC)c1C)C(C(=O)OC)S(=O)(=O)O. The predicted octanol–water partition coefficient (Wildman–Crippen LogP) is 1.93. The quantitative estimate of drug-likeness (QED) is 0.637. The average molecular weight is 316 g/mol. The molecule has 0 aliphatic rings. The van der Waals surface area contributed by atoms with E-state index in [9.17, 15) is 17.8 Å². The highest BCUT2D eigenvalue weighted by atomic mass is 32.2. The van der Waals surface area contributed by atoms with Gasteiger partial charge in [-0.3, -0.25) is 9.35 Å². The first-order chi connectivity index (χ1) is 9.77. The standard InChI is InChI=1S/C14H20O6S/c1-5-10(13(14(15)20-4)21(16,17)18)11-7-6-8-12(19-3)9(11)2/h6-8,10,13H,5H2,1-4H3,(H,16,17,18). The van der Waals surface area contributed by atoms with Crippen molar-refractivity contribution in [1.29, 1.82) is 0 Å². The lowest BCUT2D eigenvalue weighted by Gasteiger charge is -2.24. The van der Waals surface area contributed by atoms with Crippen molar-refractivity contribution >= 4 is 16.1 Å². The molecule has 0 aliphatic carbocycles. The van der Waals surface area contributed by atoms with E-state index < -0.39 is 27.3 Å². The number of methoxy groups -OCH3 is 2. The average Bonchev–Trinajstić information content (AvgIpc) is 2.43. The van der Waals surface area contributed by atoms with Crippen molar-refractivity contribution in [3.63, 3.8) is 0 Å². The lowest BCUT2D eigenvalue weighted by Crippen LogP contribution is -2.37. The third kappa shape index (κ3) is 3.74. The Morgan fingerprint density at radius 3 is 2.38 bits per heavy atom. The van der Waals surface area contributed by atoms with Crippen molar-refractivity contribution in [3.05, 3.63) is 29.3 Å². The Hall–Kier alpha value is -1.60. The third-order valence-corrected chi connectivity index (χ3v) is 4.67. The van der Waals surface area contributed by atoms with Crippen molar-refractivity contribution in [3.8, 4) is 5.75 Å². The molecule has 0 saturated heterocycles. The minimum Gasteiger partial charge on any atom is -0.496 e. The van der Waals surface area contributed by atoms with Gasteiger partial charge in [0.1, 0.15) is 5.75 Å². The number of esters is 1. The Balaban J connectivity index is 3.44. The summed E-state index contributed by atoms with van der Waals surface area (Å²) in [6.45, 7) is 3.51. The molecule has 0 spiro atoms. The summed E-state index contributed by atoms with van der Waals surface area (Å²) in [5.74, 6) is -1.11. The van der Waals surface area contributed by atoms with E-state index in [-0.39, 0.29) is 0 Å². The molecular formula is C14H20O6S. The zero-order valence-electron chi connectivity index (χ0n) is 12.5. The molecule has 1 N–H and O–H groups in total. The van der Waals surface area contributed by atoms with Crippen LogP contribution in [0, 0.1) is 6.92 Å². The Bertz CT molecular complexity index is 608. The van der Waals surface area contributed by atoms with Crippen molar-refractivity contribution in [1.82, 2.24) is 0 Å². The Morgan fingerprint density at radius 1 is 1.33 bits per heavy atom. The van der Waals surface area contributed by atoms with Crippen LogP contribution in [0.5, 0.6) is 5.75 Å². The summed E-state index contributed by atoms with van der Waals surface area (Å²) in [6, 6.07) is 5.17. The molecule has 0 heterocycles. The molecule has 0 amide bonds. The molecule has 0 radical (unpaired) electrons. The van der Waals surface area contributed by atoms with Crippen molar-refractivity contribution in [2.45, 2.75) is 31.4 Å². The van der Waals surface area contributed by atoms with Crippen LogP contribution < -0.4 is 4.74 Å². The highest BCUT2D eigenvalue weighted by molar-refractivity contribution is 7.87. The number of carbonyl (C=O) groups is 1. The fourth-order valence-electron chi connectivity index (χ4n) is 2.46. The maximum absolute atomic E-state index is 11.8. The van der Waals surface area contributed by atoms with Gasteiger partial charge >= 0.3 is 5.97 Å². The van der Waals surface area contributed by atoms with Crippen LogP contribution in [-0.4, -0.2) is 38.4 Å². The van der Waals surface area contributed by atoms with E-state index in [0.29, 0.717) is 17.7 Å². The number of rotatable bonds is 6. The van der Waals surface area contributed by atoms with Crippen molar-refractivity contribution in [2.24, 2.45) is 0 Å². The maximum Gasteiger partial charge on any atom is 0.327 e. The first-order valence-corrected chi connectivity index (χ1v) is 7.95. The lowest BCUT2D eigenvalue weighted by atomic mass is 9.89. The fraction of sp³-hybridized carbons (Fsp3) is 0.500. The number of benzene rings is 1. The molecule has 2 unspecified atom stereocenters. The van der Waals surface area contributed by atoms with Gasteiger partial charge in [0.15, 0.2) is 5.25 Å². The third-order valence-electron chi connectivity index (χ3n) is 3.51. The van der Waals surface area contributed by atoms with Gasteiger partial charge in [-0.15, -0.1) is 0 Å². The van der Waals surface area contributed by atoms with E-state index in [1.807, 2.05) is 0 Å². The van der Waals surface area contributed by atoms with Crippen molar-refractivity contribution < 1.29 is 27.2 Å². The first kappa shape index (κ1) is 17.5. The van der Waals surface area contributed by atoms with Gasteiger partial charge in [0.05, 0.1) is 14.2 Å². The van der Waals surface area contributed by atoms with Gasteiger partial charge < -0.3 is 9.47 Å². The zero-order chi connectivity index (χ0) is 16.2. The summed E-state index contributed by atoms with van der Waals surface area (Å²) < 4.78 is 42.3. The van der Waals surface area contributed by atoms with E-state index in [1.54, 1.807) is 32.0 Å². The molecule has 0 saturated carbocycles. The second-order valence-electron chi connectivity index (χ2n) is 4.65. The predicted molar refractivity (Wildman–Crippen MR) is 78.1 cm³/mol. The molecular weight excluding hydrogens is 296 g/mol. The molecule has 2 atom stereocenters. The number of carbonyl (C=O) groups excluding carboxylic acids is 1. The molecule has 7 heteroatoms. The number of ether oxygens (including phenoxy) is 2. The fourth-order valence-corrected chi connectivity index (χ4v) is 3.55. The van der Waals surface area contributed by atoms with Gasteiger partial charge in [0, 0.05) is 5.92 Å². The van der Waals surface area contributed by atoms with Gasteiger partial charge in [-0.1, -0.05) is 19.1 Å². The lowest BCUT2D eigenvalue weighted by molar-refractivity contribution is -0.140. The summed E-state index contributed by atoms with van der Waals surface area (Å²) in [5.41, 5.74) is 1.36. The summed E-state index contributed by atoms with van der Waals surface area (Å²) in [5, 5.41) is -1.65. The van der Waals surface area contributed by atoms with Crippen molar-refractivity contribution in [2.75, 3.05) is 14.2 Å². The summed E-state index contributed by atoms with van der Waals surface area (Å²) in [6.07, 6.45) is 0.341. The van der Waals surface area contributed by atoms with Crippen LogP contribution in [-0.2, 0) is 19.6 Å². The monoisotopic (exact) mass is 316 g/mol. The molecule has 21 heavy (non-hydrogen) atoms. The second kappa shape index (κ2) is 6.91. The summed E-state index contributed by atoms with van der Waals surface area (Å²) in [7, 11) is -1.99. The molecule has 0 aliphatic heterocycles. The van der Waals surface area contributed by atoms with Gasteiger partial charge in [0.25, 0.3) is 10.1 Å². The molecule has 1 rings (SSSR count). The zero-order valence-corrected chi connectivity index (χ0v) is 13.3. The highest BCUT2D eigenvalue weighted by Gasteiger charge is 2.40. The Kier molecular flexibility index (Phi) is 5.74. The molecule has 0 aromatic heterocycles. The van der Waals surface area contributed by atoms with Gasteiger partial charge in [-0.25, -0.2) is 0 Å². The number of hydrogen-bond donors (Lipinski definition) is 1. The smallest absolute Gasteiger partial charge is 0.327 e. The topological polar surface area (TPSA) is 89.9 Å². The summed E-state index contributed by atoms with van der Waals surface area (Å²) in [4.78, 5) is 11.8. The van der Waals surface area contributed by atoms with Crippen LogP contribution in [0.2, 0.25) is 0 Å². The largest absolute Gasteiger partial charge is 0.496 e. The molecule has 1 aromatic carbocycles. The first-order valence-electron chi connectivity index (χ1n) is 6.45. The second-order valence-corrected chi connectivity index (χ2v) is 6.19. The highest BCUT2D eigenvalue weighted by Crippen LogP contribution is 2.34. The van der Waals surface area contributed by atoms with E-state index in [1.165, 1.54) is 7.11 Å². The normalized spacial score (nSPS) is 14.3. The molecule has 0 bridgehead atoms. The van der Waals surface area contributed by atoms with Crippen LogP contribution in [0.3, 0.4) is 0 Å². The maximum atomic E-state index is 11.8. The number of hydrogen-bond acceptors (Lipinski definition) is 5. The molecule has 1 aromatic rings. The summed E-state index contributed by atoms with van der Waals surface area (Å²) >= 11 is 0. The minimum absolute atomic E-state index is 0.341. The van der Waals surface area contributed by atoms with Crippen LogP contribution in [0.15, 0.2) is 18.2 Å². The molecule has 118 valence electrons. The van der Waals surface area contributed by atoms with E-state index >= 15 is 0 Å². The van der Waals surface area contributed by atoms with Gasteiger partial charge in [-0.2, -0.15) is 8.42 Å². The van der Waals surface area contributed by atoms with E-state index in [4.69, 9.17) is 4.74 Å². The van der Waals surface area contributed by atoms with Crippen LogP contribution in [0.1, 0.15) is 30.4 Å². The van der Waals surface area contributed by atoms with E-state index in [0.717, 1.165) is 12.7 Å². The van der Waals surface area contributed by atoms with Crippen LogP contribution in [0.25, 0.3) is 0 Å². The Morgan fingerprint density at radius 2 is 1.95 bits per heavy atom. The van der Waals surface area contributed by atoms with Gasteiger partial charge in [0.2, 0.25) is 0 Å². The molecule has 6 nitrogen and oxygen atoms in total. The minimum atomic E-state index is -4.59. The van der Waals surface area contributed by atoms with Crippen LogP contribution >= 0.6 is 0 Å². The van der Waals surface area contributed by atoms with Crippen LogP contribution in [0.4, 0.5) is 0 Å².